The highest BCUT2D eigenvalue weighted by Gasteiger charge is 2.19. The van der Waals surface area contributed by atoms with Gasteiger partial charge in [-0.1, -0.05) is 78.9 Å². The van der Waals surface area contributed by atoms with Crippen molar-refractivity contribution >= 4 is 21.8 Å². The van der Waals surface area contributed by atoms with E-state index in [0.717, 1.165) is 55.3 Å². The van der Waals surface area contributed by atoms with Crippen molar-refractivity contribution in [3.63, 3.8) is 0 Å². The fraction of sp³-hybridized carbons (Fsp3) is 0. The molecule has 0 fully saturated rings. The Hall–Kier alpha value is -6.96. The average Bonchev–Trinajstić information content (AvgIpc) is 3.48. The smallest absolute Gasteiger partial charge is 0.164 e. The van der Waals surface area contributed by atoms with Gasteiger partial charge in [0.15, 0.2) is 17.5 Å². The van der Waals surface area contributed by atoms with Gasteiger partial charge in [0.1, 0.15) is 0 Å². The second kappa shape index (κ2) is 11.5. The summed E-state index contributed by atoms with van der Waals surface area (Å²) in [5.41, 5.74) is 8.28. The zero-order chi connectivity index (χ0) is 31.7. The van der Waals surface area contributed by atoms with Crippen LogP contribution in [-0.2, 0) is 0 Å². The third kappa shape index (κ3) is 4.95. The largest absolute Gasteiger partial charge is 0.309 e. The number of aromatic nitrogens is 5. The second-order valence-corrected chi connectivity index (χ2v) is 11.0. The number of hydrogen-bond donors (Lipinski definition) is 0. The van der Waals surface area contributed by atoms with Crippen LogP contribution in [0.15, 0.2) is 140 Å². The molecule has 0 aliphatic heterocycles. The first-order valence-corrected chi connectivity index (χ1v) is 15.0. The van der Waals surface area contributed by atoms with Crippen LogP contribution < -0.4 is 0 Å². The predicted molar refractivity (Wildman–Crippen MR) is 183 cm³/mol. The third-order valence-corrected chi connectivity index (χ3v) is 8.19. The summed E-state index contributed by atoms with van der Waals surface area (Å²) < 4.78 is 2.18. The Kier molecular flexibility index (Phi) is 6.76. The number of nitrogens with zero attached hydrogens (tertiary/aromatic N) is 7. The summed E-state index contributed by atoms with van der Waals surface area (Å²) in [6.07, 6.45) is 3.60. The van der Waals surface area contributed by atoms with Crippen LogP contribution >= 0.6 is 0 Å². The molecule has 0 aliphatic rings. The lowest BCUT2D eigenvalue weighted by Crippen LogP contribution is -2.02. The van der Waals surface area contributed by atoms with Gasteiger partial charge in [0.05, 0.1) is 40.0 Å². The van der Waals surface area contributed by atoms with Gasteiger partial charge in [0.25, 0.3) is 0 Å². The summed E-state index contributed by atoms with van der Waals surface area (Å²) in [6, 6.07) is 45.8. The maximum Gasteiger partial charge on any atom is 0.164 e. The number of hydrogen-bond acceptors (Lipinski definition) is 6. The van der Waals surface area contributed by atoms with E-state index in [9.17, 15) is 10.5 Å². The molecular weight excluding hydrogens is 578 g/mol. The van der Waals surface area contributed by atoms with Crippen LogP contribution in [0.3, 0.4) is 0 Å². The van der Waals surface area contributed by atoms with E-state index in [1.165, 1.54) is 0 Å². The van der Waals surface area contributed by atoms with Crippen molar-refractivity contribution < 1.29 is 0 Å². The molecular formula is C40H23N7. The summed E-state index contributed by atoms with van der Waals surface area (Å²) in [7, 11) is 0. The van der Waals surface area contributed by atoms with Crippen molar-refractivity contribution in [3.8, 4) is 63.1 Å². The molecule has 3 aromatic heterocycles. The number of pyridine rings is 1. The molecule has 218 valence electrons. The summed E-state index contributed by atoms with van der Waals surface area (Å²) in [5.74, 6) is 1.70. The van der Waals surface area contributed by atoms with Gasteiger partial charge in [-0.15, -0.1) is 0 Å². The van der Waals surface area contributed by atoms with Crippen LogP contribution in [0.25, 0.3) is 72.8 Å². The monoisotopic (exact) mass is 601 g/mol. The van der Waals surface area contributed by atoms with Crippen molar-refractivity contribution in [1.82, 2.24) is 24.5 Å². The van der Waals surface area contributed by atoms with Crippen LogP contribution in [0.4, 0.5) is 0 Å². The van der Waals surface area contributed by atoms with Crippen molar-refractivity contribution in [1.29, 1.82) is 10.5 Å². The maximum absolute atomic E-state index is 9.72. The number of fused-ring (bicyclic) bond motifs is 3. The number of benzene rings is 5. The third-order valence-electron chi connectivity index (χ3n) is 8.19. The first-order valence-electron chi connectivity index (χ1n) is 15.0. The molecule has 8 aromatic rings. The first-order chi connectivity index (χ1) is 23.2. The Morgan fingerprint density at radius 1 is 0.489 bits per heavy atom. The van der Waals surface area contributed by atoms with Gasteiger partial charge in [-0.2, -0.15) is 10.5 Å². The highest BCUT2D eigenvalue weighted by Crippen LogP contribution is 2.38. The Labute approximate surface area is 270 Å². The molecule has 0 saturated carbocycles. The Morgan fingerprint density at radius 3 is 1.53 bits per heavy atom. The molecule has 47 heavy (non-hydrogen) atoms. The van der Waals surface area contributed by atoms with Gasteiger partial charge < -0.3 is 4.57 Å². The highest BCUT2D eigenvalue weighted by atomic mass is 15.0. The van der Waals surface area contributed by atoms with Crippen LogP contribution in [-0.4, -0.2) is 24.5 Å². The standard InChI is InChI=1S/C40H23N7/c41-23-26-13-17-35-33(20-26)34-21-27(24-42)14-18-36(34)47(35)37-22-30(15-16-32(37)31-12-7-19-43-25-31)40-45-38(28-8-3-1-4-9-28)44-39(46-40)29-10-5-2-6-11-29/h1-22,25H. The number of rotatable bonds is 5. The summed E-state index contributed by atoms with van der Waals surface area (Å²) in [4.78, 5) is 19.2. The van der Waals surface area contributed by atoms with Gasteiger partial charge in [-0.25, -0.2) is 15.0 Å². The van der Waals surface area contributed by atoms with Crippen LogP contribution in [0.5, 0.6) is 0 Å². The lowest BCUT2D eigenvalue weighted by molar-refractivity contribution is 1.07. The molecule has 0 saturated heterocycles. The summed E-state index contributed by atoms with van der Waals surface area (Å²) in [6.45, 7) is 0. The Morgan fingerprint density at radius 2 is 1.02 bits per heavy atom. The van der Waals surface area contributed by atoms with Gasteiger partial charge in [-0.3, -0.25) is 4.98 Å². The van der Waals surface area contributed by atoms with E-state index in [4.69, 9.17) is 15.0 Å². The van der Waals surface area contributed by atoms with E-state index in [2.05, 4.69) is 33.8 Å². The lowest BCUT2D eigenvalue weighted by Gasteiger charge is -2.16. The summed E-state index contributed by atoms with van der Waals surface area (Å²) >= 11 is 0. The Bertz CT molecular complexity index is 2400. The molecule has 0 amide bonds. The minimum Gasteiger partial charge on any atom is -0.309 e. The molecule has 0 N–H and O–H groups in total. The van der Waals surface area contributed by atoms with E-state index in [-0.39, 0.29) is 0 Å². The minimum atomic E-state index is 0.538. The topological polar surface area (TPSA) is 104 Å². The normalized spacial score (nSPS) is 10.9. The number of nitriles is 2. The molecule has 0 bridgehead atoms. The lowest BCUT2D eigenvalue weighted by atomic mass is 10.0. The molecule has 0 spiro atoms. The average molecular weight is 602 g/mol. The van der Waals surface area contributed by atoms with E-state index in [1.807, 2.05) is 121 Å². The predicted octanol–water partition coefficient (Wildman–Crippen LogP) is 8.78. The minimum absolute atomic E-state index is 0.538. The van der Waals surface area contributed by atoms with Gasteiger partial charge in [0.2, 0.25) is 0 Å². The molecule has 3 heterocycles. The van der Waals surface area contributed by atoms with Crippen LogP contribution in [0.1, 0.15) is 11.1 Å². The van der Waals surface area contributed by atoms with Crippen LogP contribution in [0.2, 0.25) is 0 Å². The fourth-order valence-corrected chi connectivity index (χ4v) is 5.98. The van der Waals surface area contributed by atoms with Gasteiger partial charge in [0, 0.05) is 51.0 Å². The molecule has 0 radical (unpaired) electrons. The van der Waals surface area contributed by atoms with Gasteiger partial charge in [-0.05, 0) is 48.5 Å². The van der Waals surface area contributed by atoms with Crippen LogP contribution in [0, 0.1) is 22.7 Å². The molecule has 7 heteroatoms. The molecule has 7 nitrogen and oxygen atoms in total. The van der Waals surface area contributed by atoms with Crippen molar-refractivity contribution in [2.75, 3.05) is 0 Å². The Balaban J connectivity index is 1.43. The zero-order valence-corrected chi connectivity index (χ0v) is 24.9. The first kappa shape index (κ1) is 27.6. The van der Waals surface area contributed by atoms with E-state index < -0.39 is 0 Å². The zero-order valence-electron chi connectivity index (χ0n) is 24.9. The fourth-order valence-electron chi connectivity index (χ4n) is 5.98. The highest BCUT2D eigenvalue weighted by molar-refractivity contribution is 6.10. The van der Waals surface area contributed by atoms with E-state index in [1.54, 1.807) is 6.20 Å². The SMILES string of the molecule is N#Cc1ccc2c(c1)c1cc(C#N)ccc1n2-c1cc(-c2nc(-c3ccccc3)nc(-c3ccccc3)n2)ccc1-c1cccnc1. The maximum atomic E-state index is 9.72. The molecule has 8 rings (SSSR count). The van der Waals surface area contributed by atoms with E-state index >= 15 is 0 Å². The van der Waals surface area contributed by atoms with E-state index in [0.29, 0.717) is 28.6 Å². The molecule has 0 aliphatic carbocycles. The quantitative estimate of drug-likeness (QED) is 0.195. The molecule has 5 aromatic carbocycles. The van der Waals surface area contributed by atoms with Crippen molar-refractivity contribution in [3.05, 3.63) is 151 Å². The van der Waals surface area contributed by atoms with Gasteiger partial charge >= 0.3 is 0 Å². The van der Waals surface area contributed by atoms with Crippen molar-refractivity contribution in [2.24, 2.45) is 0 Å². The second-order valence-electron chi connectivity index (χ2n) is 11.0. The molecule has 0 atom stereocenters. The summed E-state index contributed by atoms with van der Waals surface area (Å²) in [5, 5.41) is 21.2. The molecule has 0 unspecified atom stereocenters. The van der Waals surface area contributed by atoms with Crippen molar-refractivity contribution in [2.45, 2.75) is 0 Å².